The molecule has 5 aromatic rings. The maximum atomic E-state index is 13.3. The summed E-state index contributed by atoms with van der Waals surface area (Å²) < 4.78 is 10.8. The number of amides is 1. The second-order valence-corrected chi connectivity index (χ2v) is 9.25. The number of hydrazone groups is 1. The summed E-state index contributed by atoms with van der Waals surface area (Å²) in [6, 6.07) is 26.3. The molecule has 0 aliphatic rings. The molecular formula is C30H21Cl2N3O4. The molecule has 0 unspecified atom stereocenters. The first-order chi connectivity index (χ1) is 18.9. The van der Waals surface area contributed by atoms with Crippen LogP contribution < -0.4 is 14.9 Å². The Bertz CT molecular complexity index is 1710. The molecular weight excluding hydrogens is 537 g/mol. The average Bonchev–Trinajstić information content (AvgIpc) is 3.34. The van der Waals surface area contributed by atoms with Gasteiger partial charge in [0.15, 0.2) is 0 Å². The molecule has 39 heavy (non-hydrogen) atoms. The van der Waals surface area contributed by atoms with E-state index in [2.05, 4.69) is 15.5 Å². The number of ether oxygens (including phenoxy) is 2. The first kappa shape index (κ1) is 26.0. The Morgan fingerprint density at radius 2 is 1.69 bits per heavy atom. The smallest absolute Gasteiger partial charge is 0.343 e. The van der Waals surface area contributed by atoms with Gasteiger partial charge < -0.3 is 14.5 Å². The minimum Gasteiger partial charge on any atom is -0.497 e. The predicted molar refractivity (Wildman–Crippen MR) is 153 cm³/mol. The molecule has 0 aliphatic heterocycles. The topological polar surface area (TPSA) is 92.8 Å². The van der Waals surface area contributed by atoms with Gasteiger partial charge in [-0.25, -0.2) is 10.2 Å². The third-order valence-corrected chi connectivity index (χ3v) is 6.42. The molecule has 0 saturated carbocycles. The second kappa shape index (κ2) is 11.4. The van der Waals surface area contributed by atoms with E-state index in [0.717, 1.165) is 5.56 Å². The van der Waals surface area contributed by atoms with Crippen molar-refractivity contribution in [1.29, 1.82) is 0 Å². The van der Waals surface area contributed by atoms with E-state index in [0.29, 0.717) is 43.4 Å². The molecule has 9 heteroatoms. The van der Waals surface area contributed by atoms with Crippen molar-refractivity contribution in [1.82, 2.24) is 10.4 Å². The number of hydrogen-bond donors (Lipinski definition) is 2. The fourth-order valence-electron chi connectivity index (χ4n) is 4.12. The molecule has 0 fully saturated rings. The summed E-state index contributed by atoms with van der Waals surface area (Å²) in [5.41, 5.74) is 5.70. The van der Waals surface area contributed by atoms with Crippen molar-refractivity contribution in [3.05, 3.63) is 118 Å². The number of benzene rings is 4. The van der Waals surface area contributed by atoms with Crippen LogP contribution in [0.3, 0.4) is 0 Å². The van der Waals surface area contributed by atoms with Gasteiger partial charge in [-0.15, -0.1) is 0 Å². The Morgan fingerprint density at radius 3 is 2.49 bits per heavy atom. The van der Waals surface area contributed by atoms with Gasteiger partial charge >= 0.3 is 5.97 Å². The van der Waals surface area contributed by atoms with Crippen LogP contribution in [-0.4, -0.2) is 30.2 Å². The predicted octanol–water partition coefficient (Wildman–Crippen LogP) is 7.13. The summed E-state index contributed by atoms with van der Waals surface area (Å²) in [6.07, 6.45) is 1.40. The van der Waals surface area contributed by atoms with Crippen LogP contribution in [0.5, 0.6) is 11.5 Å². The van der Waals surface area contributed by atoms with Crippen molar-refractivity contribution in [3.8, 4) is 22.6 Å². The largest absolute Gasteiger partial charge is 0.497 e. The molecule has 2 N–H and O–H groups in total. The lowest BCUT2D eigenvalue weighted by atomic mass is 10.0. The molecule has 0 atom stereocenters. The second-order valence-electron chi connectivity index (χ2n) is 8.41. The Hall–Kier alpha value is -4.59. The normalized spacial score (nSPS) is 11.1. The van der Waals surface area contributed by atoms with Crippen LogP contribution in [0, 0.1) is 0 Å². The molecule has 0 spiro atoms. The van der Waals surface area contributed by atoms with E-state index >= 15 is 0 Å². The van der Waals surface area contributed by atoms with Gasteiger partial charge in [-0.1, -0.05) is 71.7 Å². The molecule has 0 saturated heterocycles. The SMILES string of the molecule is COc1cccc(C(=O)Oc2ccccc2C=NNC(=O)c2[nH]c3cc(Cl)cc(Cl)c3c2-c2ccccc2)c1. The number of nitrogens with zero attached hydrogens (tertiary/aromatic N) is 1. The maximum Gasteiger partial charge on any atom is 0.343 e. The van der Waals surface area contributed by atoms with E-state index in [-0.39, 0.29) is 11.4 Å². The molecule has 1 heterocycles. The summed E-state index contributed by atoms with van der Waals surface area (Å²) in [5, 5.41) is 5.65. The number of nitrogens with one attached hydrogen (secondary N) is 2. The van der Waals surface area contributed by atoms with Crippen LogP contribution in [0.1, 0.15) is 26.4 Å². The number of fused-ring (bicyclic) bond motifs is 1. The number of H-pyrrole nitrogens is 1. The van der Waals surface area contributed by atoms with Crippen LogP contribution in [0.4, 0.5) is 0 Å². The third-order valence-electron chi connectivity index (χ3n) is 5.90. The first-order valence-electron chi connectivity index (χ1n) is 11.8. The van der Waals surface area contributed by atoms with E-state index in [4.69, 9.17) is 32.7 Å². The van der Waals surface area contributed by atoms with Gasteiger partial charge in [0.05, 0.1) is 23.9 Å². The molecule has 1 amide bonds. The Balaban J connectivity index is 1.40. The number of aromatic nitrogens is 1. The van der Waals surface area contributed by atoms with Crippen molar-refractivity contribution < 1.29 is 19.1 Å². The number of esters is 1. The van der Waals surface area contributed by atoms with E-state index in [1.807, 2.05) is 30.3 Å². The van der Waals surface area contributed by atoms with Crippen LogP contribution in [0.25, 0.3) is 22.0 Å². The zero-order chi connectivity index (χ0) is 27.4. The fourth-order valence-corrected chi connectivity index (χ4v) is 4.71. The number of rotatable bonds is 7. The lowest BCUT2D eigenvalue weighted by Gasteiger charge is -2.08. The van der Waals surface area contributed by atoms with Crippen LogP contribution in [0.15, 0.2) is 96.1 Å². The van der Waals surface area contributed by atoms with Crippen LogP contribution in [0.2, 0.25) is 10.0 Å². The first-order valence-corrected chi connectivity index (χ1v) is 12.5. The van der Waals surface area contributed by atoms with Crippen LogP contribution in [-0.2, 0) is 0 Å². The highest BCUT2D eigenvalue weighted by molar-refractivity contribution is 6.40. The lowest BCUT2D eigenvalue weighted by Crippen LogP contribution is -2.19. The Labute approximate surface area is 234 Å². The van der Waals surface area contributed by atoms with E-state index in [9.17, 15) is 9.59 Å². The molecule has 0 aliphatic carbocycles. The number of methoxy groups -OCH3 is 1. The van der Waals surface area contributed by atoms with E-state index < -0.39 is 11.9 Å². The summed E-state index contributed by atoms with van der Waals surface area (Å²) in [7, 11) is 1.52. The minimum absolute atomic E-state index is 0.273. The van der Waals surface area contributed by atoms with Gasteiger partial charge in [-0.05, 0) is 48.0 Å². The number of aromatic amines is 1. The van der Waals surface area contributed by atoms with Gasteiger partial charge in [0.2, 0.25) is 0 Å². The summed E-state index contributed by atoms with van der Waals surface area (Å²) in [6.45, 7) is 0. The highest BCUT2D eigenvalue weighted by Gasteiger charge is 2.21. The molecule has 0 radical (unpaired) electrons. The zero-order valence-electron chi connectivity index (χ0n) is 20.6. The number of halogens is 2. The Kier molecular flexibility index (Phi) is 7.63. The minimum atomic E-state index is -0.556. The van der Waals surface area contributed by atoms with Gasteiger partial charge in [0, 0.05) is 27.1 Å². The zero-order valence-corrected chi connectivity index (χ0v) is 22.1. The number of para-hydroxylation sites is 1. The van der Waals surface area contributed by atoms with E-state index in [1.54, 1.807) is 60.7 Å². The average molecular weight is 558 g/mol. The highest BCUT2D eigenvalue weighted by Crippen LogP contribution is 2.38. The van der Waals surface area contributed by atoms with Crippen molar-refractivity contribution in [2.24, 2.45) is 5.10 Å². The monoisotopic (exact) mass is 557 g/mol. The number of carbonyl (C=O) groups is 2. The van der Waals surface area contributed by atoms with Gasteiger partial charge in [-0.3, -0.25) is 4.79 Å². The number of hydrogen-bond acceptors (Lipinski definition) is 5. The van der Waals surface area contributed by atoms with Crippen molar-refractivity contribution >= 4 is 52.2 Å². The van der Waals surface area contributed by atoms with Crippen molar-refractivity contribution in [2.45, 2.75) is 0 Å². The molecule has 1 aromatic heterocycles. The highest BCUT2D eigenvalue weighted by atomic mass is 35.5. The summed E-state index contributed by atoms with van der Waals surface area (Å²) in [4.78, 5) is 29.1. The third kappa shape index (κ3) is 5.65. The fraction of sp³-hybridized carbons (Fsp3) is 0.0333. The van der Waals surface area contributed by atoms with Crippen molar-refractivity contribution in [3.63, 3.8) is 0 Å². The van der Waals surface area contributed by atoms with Gasteiger partial charge in [-0.2, -0.15) is 5.10 Å². The Morgan fingerprint density at radius 1 is 0.923 bits per heavy atom. The van der Waals surface area contributed by atoms with Crippen LogP contribution >= 0.6 is 23.2 Å². The lowest BCUT2D eigenvalue weighted by molar-refractivity contribution is 0.0733. The van der Waals surface area contributed by atoms with Gasteiger partial charge in [0.1, 0.15) is 17.2 Å². The maximum absolute atomic E-state index is 13.3. The summed E-state index contributed by atoms with van der Waals surface area (Å²) in [5.74, 6) is -0.225. The summed E-state index contributed by atoms with van der Waals surface area (Å²) >= 11 is 12.7. The quantitative estimate of drug-likeness (QED) is 0.0962. The standard InChI is InChI=1S/C30H21Cl2N3O4/c1-38-22-12-7-11-19(14-22)30(37)39-25-13-6-5-10-20(25)17-33-35-29(36)28-26(18-8-3-2-4-9-18)27-23(32)15-21(31)16-24(27)34-28/h2-17,34H,1H3,(H,35,36). The molecule has 0 bridgehead atoms. The van der Waals surface area contributed by atoms with Gasteiger partial charge in [0.25, 0.3) is 5.91 Å². The van der Waals surface area contributed by atoms with Crippen molar-refractivity contribution in [2.75, 3.05) is 7.11 Å². The molecule has 194 valence electrons. The molecule has 7 nitrogen and oxygen atoms in total. The molecule has 5 rings (SSSR count). The van der Waals surface area contributed by atoms with E-state index in [1.165, 1.54) is 13.3 Å². The number of carbonyl (C=O) groups excluding carboxylic acids is 2. The molecule has 4 aromatic carbocycles.